The van der Waals surface area contributed by atoms with E-state index in [-0.39, 0.29) is 18.4 Å². The Labute approximate surface area is 157 Å². The number of piperidine rings is 1. The van der Waals surface area contributed by atoms with Gasteiger partial charge >= 0.3 is 0 Å². The van der Waals surface area contributed by atoms with Gasteiger partial charge in [-0.3, -0.25) is 4.79 Å². The number of sulfonamides is 1. The molecule has 26 heavy (non-hydrogen) atoms. The van der Waals surface area contributed by atoms with Crippen LogP contribution in [0, 0.1) is 5.92 Å². The minimum atomic E-state index is -3.51. The summed E-state index contributed by atoms with van der Waals surface area (Å²) in [6.07, 6.45) is 2.98. The summed E-state index contributed by atoms with van der Waals surface area (Å²) in [5, 5.41) is 4.63. The highest BCUT2D eigenvalue weighted by atomic mass is 32.2. The lowest BCUT2D eigenvalue weighted by Crippen LogP contribution is -2.45. The maximum Gasteiger partial charge on any atom is 0.252 e. The van der Waals surface area contributed by atoms with E-state index in [1.165, 1.54) is 22.8 Å². The molecule has 140 valence electrons. The average Bonchev–Trinajstić information content (AvgIpc) is 3.22. The second-order valence-corrected chi connectivity index (χ2v) is 9.17. The van der Waals surface area contributed by atoms with Gasteiger partial charge in [0.25, 0.3) is 10.0 Å². The van der Waals surface area contributed by atoms with Crippen LogP contribution in [0.2, 0.25) is 0 Å². The van der Waals surface area contributed by atoms with E-state index in [1.54, 1.807) is 35.8 Å². The molecule has 0 bridgehead atoms. The third kappa shape index (κ3) is 4.22. The summed E-state index contributed by atoms with van der Waals surface area (Å²) < 4.78 is 32.1. The summed E-state index contributed by atoms with van der Waals surface area (Å²) in [5.74, 6) is 0.0108. The summed E-state index contributed by atoms with van der Waals surface area (Å²) in [6, 6.07) is 6.88. The Kier molecular flexibility index (Phi) is 5.90. The summed E-state index contributed by atoms with van der Waals surface area (Å²) in [7, 11) is -1.98. The van der Waals surface area contributed by atoms with Crippen molar-refractivity contribution in [2.24, 2.45) is 5.92 Å². The molecule has 3 rings (SSSR count). The van der Waals surface area contributed by atoms with Crippen LogP contribution in [0.4, 0.5) is 0 Å². The van der Waals surface area contributed by atoms with Gasteiger partial charge in [-0.05, 0) is 35.9 Å². The summed E-state index contributed by atoms with van der Waals surface area (Å²) in [4.78, 5) is 16.5. The van der Waals surface area contributed by atoms with Gasteiger partial charge in [-0.15, -0.1) is 11.3 Å². The van der Waals surface area contributed by atoms with Crippen LogP contribution in [0.15, 0.2) is 40.1 Å². The number of thiophene rings is 1. The molecule has 0 radical (unpaired) electrons. The van der Waals surface area contributed by atoms with Crippen molar-refractivity contribution < 1.29 is 17.9 Å². The first-order chi connectivity index (χ1) is 12.5. The molecule has 1 N–H and O–H groups in total. The number of methoxy groups -OCH3 is 1. The second-order valence-electron chi connectivity index (χ2n) is 6.06. The van der Waals surface area contributed by atoms with E-state index in [4.69, 9.17) is 4.74 Å². The molecular weight excluding hydrogens is 374 g/mol. The van der Waals surface area contributed by atoms with Gasteiger partial charge in [0.15, 0.2) is 0 Å². The normalized spacial score (nSPS) is 18.4. The molecule has 1 unspecified atom stereocenters. The number of nitrogens with zero attached hydrogens (tertiary/aromatic N) is 2. The SMILES string of the molecule is COc1cc(CNC(=O)C2CCCN(S(=O)(=O)c3cccs3)C2)ccn1. The van der Waals surface area contributed by atoms with Gasteiger partial charge in [-0.1, -0.05) is 6.07 Å². The molecular formula is C17H21N3O4S2. The zero-order chi connectivity index (χ0) is 18.6. The molecule has 1 atom stereocenters. The van der Waals surface area contributed by atoms with E-state index >= 15 is 0 Å². The Bertz CT molecular complexity index is 853. The van der Waals surface area contributed by atoms with Crippen LogP contribution < -0.4 is 10.1 Å². The van der Waals surface area contributed by atoms with Crippen molar-refractivity contribution in [3.05, 3.63) is 41.4 Å². The van der Waals surface area contributed by atoms with Crippen molar-refractivity contribution in [1.29, 1.82) is 0 Å². The number of carbonyl (C=O) groups is 1. The van der Waals surface area contributed by atoms with Crippen LogP contribution in [0.5, 0.6) is 5.88 Å². The lowest BCUT2D eigenvalue weighted by Gasteiger charge is -2.30. The Morgan fingerprint density at radius 2 is 2.31 bits per heavy atom. The van der Waals surface area contributed by atoms with Crippen molar-refractivity contribution in [1.82, 2.24) is 14.6 Å². The third-order valence-electron chi connectivity index (χ3n) is 4.32. The molecule has 1 saturated heterocycles. The molecule has 1 fully saturated rings. The number of nitrogens with one attached hydrogen (secondary N) is 1. The number of hydrogen-bond acceptors (Lipinski definition) is 6. The Morgan fingerprint density at radius 3 is 3.04 bits per heavy atom. The molecule has 0 spiro atoms. The first-order valence-electron chi connectivity index (χ1n) is 8.31. The van der Waals surface area contributed by atoms with E-state index in [2.05, 4.69) is 10.3 Å². The minimum absolute atomic E-state index is 0.133. The topological polar surface area (TPSA) is 88.6 Å². The molecule has 2 aromatic heterocycles. The van der Waals surface area contributed by atoms with Gasteiger partial charge in [0, 0.05) is 31.9 Å². The smallest absolute Gasteiger partial charge is 0.252 e. The first-order valence-corrected chi connectivity index (χ1v) is 10.6. The van der Waals surface area contributed by atoms with Crippen LogP contribution in [-0.2, 0) is 21.4 Å². The molecule has 9 heteroatoms. The predicted octanol–water partition coefficient (Wildman–Crippen LogP) is 1.87. The Morgan fingerprint density at radius 1 is 1.46 bits per heavy atom. The van der Waals surface area contributed by atoms with Crippen LogP contribution in [0.1, 0.15) is 18.4 Å². The summed E-state index contributed by atoms with van der Waals surface area (Å²) in [5.41, 5.74) is 0.879. The number of amides is 1. The molecule has 3 heterocycles. The van der Waals surface area contributed by atoms with Crippen molar-refractivity contribution in [3.63, 3.8) is 0 Å². The number of aromatic nitrogens is 1. The monoisotopic (exact) mass is 395 g/mol. The molecule has 2 aromatic rings. The standard InChI is InChI=1S/C17H21N3O4S2/c1-24-15-10-13(6-7-18-15)11-19-17(21)14-4-2-8-20(12-14)26(22,23)16-5-3-9-25-16/h3,5-7,9-10,14H,2,4,8,11-12H2,1H3,(H,19,21). The van der Waals surface area contributed by atoms with Gasteiger partial charge in [-0.2, -0.15) is 4.31 Å². The quantitative estimate of drug-likeness (QED) is 0.807. The Balaban J connectivity index is 1.61. The average molecular weight is 396 g/mol. The highest BCUT2D eigenvalue weighted by Gasteiger charge is 2.33. The number of rotatable bonds is 6. The highest BCUT2D eigenvalue weighted by Crippen LogP contribution is 2.26. The van der Waals surface area contributed by atoms with Gasteiger partial charge < -0.3 is 10.1 Å². The van der Waals surface area contributed by atoms with Gasteiger partial charge in [-0.25, -0.2) is 13.4 Å². The number of carbonyl (C=O) groups excluding carboxylic acids is 1. The molecule has 0 aromatic carbocycles. The minimum Gasteiger partial charge on any atom is -0.481 e. The predicted molar refractivity (Wildman–Crippen MR) is 98.4 cm³/mol. The largest absolute Gasteiger partial charge is 0.481 e. The van der Waals surface area contributed by atoms with Crippen molar-refractivity contribution in [2.75, 3.05) is 20.2 Å². The Hall–Kier alpha value is -1.97. The second kappa shape index (κ2) is 8.15. The number of pyridine rings is 1. The lowest BCUT2D eigenvalue weighted by atomic mass is 9.99. The fourth-order valence-corrected chi connectivity index (χ4v) is 5.59. The zero-order valence-electron chi connectivity index (χ0n) is 14.4. The fraction of sp³-hybridized carbons (Fsp3) is 0.412. The third-order valence-corrected chi connectivity index (χ3v) is 7.56. The highest BCUT2D eigenvalue weighted by molar-refractivity contribution is 7.91. The number of ether oxygens (including phenoxy) is 1. The van der Waals surface area contributed by atoms with Crippen LogP contribution in [0.25, 0.3) is 0 Å². The lowest BCUT2D eigenvalue weighted by molar-refractivity contribution is -0.126. The molecule has 1 amide bonds. The first kappa shape index (κ1) is 18.8. The van der Waals surface area contributed by atoms with Crippen molar-refractivity contribution in [3.8, 4) is 5.88 Å². The summed E-state index contributed by atoms with van der Waals surface area (Å²) in [6.45, 7) is 1.02. The van der Waals surface area contributed by atoms with Crippen LogP contribution in [-0.4, -0.2) is 43.8 Å². The zero-order valence-corrected chi connectivity index (χ0v) is 16.1. The van der Waals surface area contributed by atoms with E-state index < -0.39 is 10.0 Å². The molecule has 0 saturated carbocycles. The molecule has 1 aliphatic rings. The molecule has 1 aliphatic heterocycles. The maximum atomic E-state index is 12.7. The van der Waals surface area contributed by atoms with E-state index in [1.807, 2.05) is 0 Å². The van der Waals surface area contributed by atoms with Crippen molar-refractivity contribution >= 4 is 27.3 Å². The van der Waals surface area contributed by atoms with E-state index in [0.29, 0.717) is 36.0 Å². The van der Waals surface area contributed by atoms with Gasteiger partial charge in [0.2, 0.25) is 11.8 Å². The maximum absolute atomic E-state index is 12.7. The molecule has 0 aliphatic carbocycles. The summed E-state index contributed by atoms with van der Waals surface area (Å²) >= 11 is 1.20. The van der Waals surface area contributed by atoms with Gasteiger partial charge in [0.1, 0.15) is 4.21 Å². The van der Waals surface area contributed by atoms with E-state index in [9.17, 15) is 13.2 Å². The number of hydrogen-bond donors (Lipinski definition) is 1. The van der Waals surface area contributed by atoms with Crippen LogP contribution >= 0.6 is 11.3 Å². The van der Waals surface area contributed by atoms with Gasteiger partial charge in [0.05, 0.1) is 13.0 Å². The van der Waals surface area contributed by atoms with Crippen molar-refractivity contribution in [2.45, 2.75) is 23.6 Å². The van der Waals surface area contributed by atoms with E-state index in [0.717, 1.165) is 5.56 Å². The van der Waals surface area contributed by atoms with Crippen LogP contribution in [0.3, 0.4) is 0 Å². The fourth-order valence-electron chi connectivity index (χ4n) is 2.92. The molecule has 7 nitrogen and oxygen atoms in total.